The van der Waals surface area contributed by atoms with Crippen LogP contribution in [0.2, 0.25) is 0 Å². The summed E-state index contributed by atoms with van der Waals surface area (Å²) in [5.74, 6) is 0. The van der Waals surface area contributed by atoms with E-state index in [4.69, 9.17) is 0 Å². The summed E-state index contributed by atoms with van der Waals surface area (Å²) in [5.41, 5.74) is 1.89. The van der Waals surface area contributed by atoms with Crippen molar-refractivity contribution < 1.29 is 0 Å². The van der Waals surface area contributed by atoms with E-state index in [1.807, 2.05) is 41.2 Å². The van der Waals surface area contributed by atoms with E-state index in [9.17, 15) is 0 Å². The third kappa shape index (κ3) is 1.36. The van der Waals surface area contributed by atoms with Crippen molar-refractivity contribution in [3.63, 3.8) is 0 Å². The fraction of sp³-hybridized carbons (Fsp3) is 0. The van der Waals surface area contributed by atoms with Gasteiger partial charge in [0.15, 0.2) is 0 Å². The number of fused-ring (bicyclic) bond motifs is 1. The summed E-state index contributed by atoms with van der Waals surface area (Å²) in [7, 11) is 0. The van der Waals surface area contributed by atoms with Crippen LogP contribution < -0.4 is 0 Å². The monoisotopic (exact) mass is 196 g/mol. The molecular weight excluding hydrogens is 188 g/mol. The first-order valence-electron chi connectivity index (χ1n) is 4.65. The fourth-order valence-corrected chi connectivity index (χ4v) is 1.50. The predicted molar refractivity (Wildman–Crippen MR) is 56.7 cm³/mol. The third-order valence-electron chi connectivity index (χ3n) is 2.24. The van der Waals surface area contributed by atoms with Gasteiger partial charge in [0.2, 0.25) is 0 Å². The maximum Gasteiger partial charge on any atom is 0.114 e. The number of para-hydroxylation sites is 1. The van der Waals surface area contributed by atoms with Gasteiger partial charge in [-0.25, -0.2) is 4.68 Å². The Morgan fingerprint density at radius 2 is 1.73 bits per heavy atom. The third-order valence-corrected chi connectivity index (χ3v) is 2.24. The predicted octanol–water partition coefficient (Wildman–Crippen LogP) is 1.82. The fourth-order valence-electron chi connectivity index (χ4n) is 1.50. The average molecular weight is 196 g/mol. The maximum absolute atomic E-state index is 4.40. The molecule has 0 atom stereocenters. The Bertz CT molecular complexity index is 553. The van der Waals surface area contributed by atoms with Crippen molar-refractivity contribution in [2.24, 2.45) is 0 Å². The molecule has 4 heteroatoms. The SMILES string of the molecule is c1ccc(-n2cc3cnncc3n2)cc1. The number of benzene rings is 1. The van der Waals surface area contributed by atoms with Crippen molar-refractivity contribution in [1.82, 2.24) is 20.0 Å². The van der Waals surface area contributed by atoms with Crippen molar-refractivity contribution in [1.29, 1.82) is 0 Å². The second-order valence-corrected chi connectivity index (χ2v) is 3.24. The molecule has 0 aliphatic heterocycles. The van der Waals surface area contributed by atoms with Gasteiger partial charge in [0.1, 0.15) is 5.52 Å². The van der Waals surface area contributed by atoms with Crippen LogP contribution in [0, 0.1) is 0 Å². The molecule has 0 radical (unpaired) electrons. The molecule has 0 bridgehead atoms. The van der Waals surface area contributed by atoms with Crippen LogP contribution in [-0.4, -0.2) is 20.0 Å². The van der Waals surface area contributed by atoms with E-state index in [2.05, 4.69) is 15.3 Å². The van der Waals surface area contributed by atoms with E-state index in [0.29, 0.717) is 0 Å². The summed E-state index contributed by atoms with van der Waals surface area (Å²) in [6.07, 6.45) is 5.32. The van der Waals surface area contributed by atoms with E-state index in [-0.39, 0.29) is 0 Å². The van der Waals surface area contributed by atoms with Crippen LogP contribution in [0.15, 0.2) is 48.9 Å². The molecule has 0 saturated carbocycles. The Balaban J connectivity index is 2.21. The first-order valence-corrected chi connectivity index (χ1v) is 4.65. The zero-order valence-electron chi connectivity index (χ0n) is 7.91. The average Bonchev–Trinajstić information content (AvgIpc) is 2.74. The van der Waals surface area contributed by atoms with Gasteiger partial charge in [-0.15, -0.1) is 0 Å². The molecule has 3 rings (SSSR count). The van der Waals surface area contributed by atoms with Crippen LogP contribution in [-0.2, 0) is 0 Å². The number of aromatic nitrogens is 4. The van der Waals surface area contributed by atoms with E-state index in [0.717, 1.165) is 16.6 Å². The second-order valence-electron chi connectivity index (χ2n) is 3.24. The molecule has 3 aromatic rings. The molecule has 0 aliphatic rings. The zero-order chi connectivity index (χ0) is 10.1. The van der Waals surface area contributed by atoms with E-state index in [1.54, 1.807) is 12.4 Å². The first kappa shape index (κ1) is 8.11. The number of nitrogens with zero attached hydrogens (tertiary/aromatic N) is 4. The van der Waals surface area contributed by atoms with Gasteiger partial charge in [-0.05, 0) is 12.1 Å². The van der Waals surface area contributed by atoms with Crippen LogP contribution >= 0.6 is 0 Å². The van der Waals surface area contributed by atoms with Crippen LogP contribution in [0.1, 0.15) is 0 Å². The molecule has 0 unspecified atom stereocenters. The van der Waals surface area contributed by atoms with Crippen LogP contribution in [0.4, 0.5) is 0 Å². The molecule has 0 aliphatic carbocycles. The highest BCUT2D eigenvalue weighted by atomic mass is 15.3. The summed E-state index contributed by atoms with van der Waals surface area (Å²) < 4.78 is 1.83. The Labute approximate surface area is 86.2 Å². The van der Waals surface area contributed by atoms with Gasteiger partial charge < -0.3 is 0 Å². The van der Waals surface area contributed by atoms with Gasteiger partial charge >= 0.3 is 0 Å². The van der Waals surface area contributed by atoms with Crippen molar-refractivity contribution in [3.8, 4) is 5.69 Å². The molecule has 2 aromatic heterocycles. The minimum absolute atomic E-state index is 0.855. The van der Waals surface area contributed by atoms with Gasteiger partial charge in [-0.3, -0.25) is 0 Å². The van der Waals surface area contributed by atoms with Gasteiger partial charge in [0.05, 0.1) is 18.1 Å². The Morgan fingerprint density at radius 1 is 0.933 bits per heavy atom. The summed E-state index contributed by atoms with van der Waals surface area (Å²) in [6.45, 7) is 0. The summed E-state index contributed by atoms with van der Waals surface area (Å²) in [6, 6.07) is 9.96. The lowest BCUT2D eigenvalue weighted by molar-refractivity contribution is 0.895. The molecule has 0 N–H and O–H groups in total. The number of hydrogen-bond donors (Lipinski definition) is 0. The molecule has 0 fully saturated rings. The summed E-state index contributed by atoms with van der Waals surface area (Å²) >= 11 is 0. The molecule has 1 aromatic carbocycles. The largest absolute Gasteiger partial charge is 0.240 e. The van der Waals surface area contributed by atoms with E-state index < -0.39 is 0 Å². The molecule has 0 amide bonds. The Morgan fingerprint density at radius 3 is 2.53 bits per heavy atom. The highest BCUT2D eigenvalue weighted by Crippen LogP contribution is 2.12. The molecule has 4 nitrogen and oxygen atoms in total. The smallest absolute Gasteiger partial charge is 0.114 e. The zero-order valence-corrected chi connectivity index (χ0v) is 7.91. The van der Waals surface area contributed by atoms with Gasteiger partial charge in [0, 0.05) is 11.6 Å². The molecule has 15 heavy (non-hydrogen) atoms. The summed E-state index contributed by atoms with van der Waals surface area (Å²) in [4.78, 5) is 0. The van der Waals surface area contributed by atoms with E-state index >= 15 is 0 Å². The van der Waals surface area contributed by atoms with Crippen molar-refractivity contribution >= 4 is 10.9 Å². The van der Waals surface area contributed by atoms with Gasteiger partial charge in [-0.1, -0.05) is 18.2 Å². The standard InChI is InChI=1S/C11H8N4/c1-2-4-10(5-3-1)15-8-9-6-12-13-7-11(9)14-15/h1-8H. The van der Waals surface area contributed by atoms with Gasteiger partial charge in [-0.2, -0.15) is 15.3 Å². The minimum Gasteiger partial charge on any atom is -0.240 e. The second kappa shape index (κ2) is 3.16. The number of hydrogen-bond acceptors (Lipinski definition) is 3. The highest BCUT2D eigenvalue weighted by molar-refractivity contribution is 5.76. The molecule has 0 saturated heterocycles. The van der Waals surface area contributed by atoms with E-state index in [1.165, 1.54) is 0 Å². The molecule has 2 heterocycles. The van der Waals surface area contributed by atoms with Crippen molar-refractivity contribution in [2.45, 2.75) is 0 Å². The first-order chi connectivity index (χ1) is 7.43. The Hall–Kier alpha value is -2.23. The lowest BCUT2D eigenvalue weighted by Gasteiger charge is -1.97. The van der Waals surface area contributed by atoms with Crippen LogP contribution in [0.3, 0.4) is 0 Å². The lowest BCUT2D eigenvalue weighted by atomic mass is 10.3. The number of rotatable bonds is 1. The van der Waals surface area contributed by atoms with Crippen LogP contribution in [0.5, 0.6) is 0 Å². The maximum atomic E-state index is 4.40. The van der Waals surface area contributed by atoms with Crippen molar-refractivity contribution in [3.05, 3.63) is 48.9 Å². The molecular formula is C11H8N4. The highest BCUT2D eigenvalue weighted by Gasteiger charge is 2.01. The summed E-state index contributed by atoms with van der Waals surface area (Å²) in [5, 5.41) is 13.0. The Kier molecular flexibility index (Phi) is 1.71. The van der Waals surface area contributed by atoms with Crippen LogP contribution in [0.25, 0.3) is 16.6 Å². The molecule has 72 valence electrons. The molecule has 0 spiro atoms. The normalized spacial score (nSPS) is 10.7. The minimum atomic E-state index is 0.855. The topological polar surface area (TPSA) is 43.6 Å². The van der Waals surface area contributed by atoms with Crippen molar-refractivity contribution in [2.75, 3.05) is 0 Å². The quantitative estimate of drug-likeness (QED) is 0.596. The van der Waals surface area contributed by atoms with Gasteiger partial charge in [0.25, 0.3) is 0 Å². The lowest BCUT2D eigenvalue weighted by Crippen LogP contribution is -1.92.